The van der Waals surface area contributed by atoms with Gasteiger partial charge in [0.1, 0.15) is 11.5 Å². The zero-order valence-electron chi connectivity index (χ0n) is 14.2. The number of aromatic nitrogens is 1. The van der Waals surface area contributed by atoms with Crippen molar-refractivity contribution in [3.63, 3.8) is 0 Å². The topological polar surface area (TPSA) is 47.3 Å². The molecule has 1 aliphatic carbocycles. The molecule has 1 unspecified atom stereocenters. The molecule has 0 aliphatic heterocycles. The minimum atomic E-state index is 0.147. The van der Waals surface area contributed by atoms with Crippen LogP contribution in [0.25, 0.3) is 11.1 Å². The molecule has 1 aliphatic rings. The standard InChI is InChI=1S/C20H19ClN2O2/c1-12-20-16-8-7-15(24-2)11-17(16)18(9-10-19(20)25-23-12)22-14-5-3-13(21)4-6-14/h3-8,11,18,22H,9-10H2,1-2H3. The Morgan fingerprint density at radius 1 is 1.20 bits per heavy atom. The van der Waals surface area contributed by atoms with E-state index in [2.05, 4.69) is 22.6 Å². The van der Waals surface area contributed by atoms with Crippen LogP contribution >= 0.6 is 11.6 Å². The van der Waals surface area contributed by atoms with Gasteiger partial charge in [-0.25, -0.2) is 0 Å². The summed E-state index contributed by atoms with van der Waals surface area (Å²) >= 11 is 6.00. The maximum Gasteiger partial charge on any atom is 0.144 e. The number of hydrogen-bond donors (Lipinski definition) is 1. The lowest BCUT2D eigenvalue weighted by Crippen LogP contribution is -2.11. The predicted molar refractivity (Wildman–Crippen MR) is 99.4 cm³/mol. The van der Waals surface area contributed by atoms with E-state index in [1.807, 2.05) is 37.3 Å². The zero-order chi connectivity index (χ0) is 17.4. The van der Waals surface area contributed by atoms with E-state index < -0.39 is 0 Å². The summed E-state index contributed by atoms with van der Waals surface area (Å²) in [5, 5.41) is 8.51. The average molecular weight is 355 g/mol. The van der Waals surface area contributed by atoms with Crippen LogP contribution in [0.3, 0.4) is 0 Å². The van der Waals surface area contributed by atoms with Crippen LogP contribution in [0, 0.1) is 6.92 Å². The van der Waals surface area contributed by atoms with Gasteiger partial charge in [0.15, 0.2) is 0 Å². The van der Waals surface area contributed by atoms with Crippen LogP contribution in [-0.4, -0.2) is 12.3 Å². The van der Waals surface area contributed by atoms with Gasteiger partial charge in [-0.15, -0.1) is 0 Å². The number of aryl methyl sites for hydroxylation is 2. The summed E-state index contributed by atoms with van der Waals surface area (Å²) in [4.78, 5) is 0. The van der Waals surface area contributed by atoms with Gasteiger partial charge >= 0.3 is 0 Å². The summed E-state index contributed by atoms with van der Waals surface area (Å²) in [5.41, 5.74) is 5.42. The Morgan fingerprint density at radius 3 is 2.76 bits per heavy atom. The Bertz CT molecular complexity index is 903. The minimum absolute atomic E-state index is 0.147. The molecule has 1 heterocycles. The Kier molecular flexibility index (Phi) is 4.14. The number of halogens is 1. The molecular formula is C20H19ClN2O2. The lowest BCUT2D eigenvalue weighted by atomic mass is 9.95. The van der Waals surface area contributed by atoms with E-state index in [4.69, 9.17) is 20.9 Å². The molecule has 4 rings (SSSR count). The van der Waals surface area contributed by atoms with Gasteiger partial charge in [-0.05, 0) is 60.9 Å². The second kappa shape index (κ2) is 6.45. The highest BCUT2D eigenvalue weighted by atomic mass is 35.5. The first-order valence-corrected chi connectivity index (χ1v) is 8.69. The summed E-state index contributed by atoms with van der Waals surface area (Å²) in [6.07, 6.45) is 1.74. The maximum absolute atomic E-state index is 6.00. The fourth-order valence-electron chi connectivity index (χ4n) is 3.44. The number of nitrogens with one attached hydrogen (secondary N) is 1. The van der Waals surface area contributed by atoms with Gasteiger partial charge in [-0.2, -0.15) is 0 Å². The number of fused-ring (bicyclic) bond motifs is 3. The lowest BCUT2D eigenvalue weighted by molar-refractivity contribution is 0.376. The molecule has 0 fully saturated rings. The molecule has 0 spiro atoms. The smallest absolute Gasteiger partial charge is 0.144 e. The van der Waals surface area contributed by atoms with Crippen LogP contribution in [0.5, 0.6) is 5.75 Å². The molecule has 128 valence electrons. The van der Waals surface area contributed by atoms with Crippen molar-refractivity contribution in [2.45, 2.75) is 25.8 Å². The Morgan fingerprint density at radius 2 is 2.00 bits per heavy atom. The molecule has 1 N–H and O–H groups in total. The van der Waals surface area contributed by atoms with Gasteiger partial charge in [-0.3, -0.25) is 0 Å². The molecule has 0 bridgehead atoms. The van der Waals surface area contributed by atoms with E-state index in [1.54, 1.807) is 7.11 Å². The number of benzene rings is 2. The van der Waals surface area contributed by atoms with Crippen molar-refractivity contribution in [3.8, 4) is 16.9 Å². The maximum atomic E-state index is 6.00. The molecule has 3 aromatic rings. The SMILES string of the molecule is COc1ccc2c(c1)C(Nc1ccc(Cl)cc1)CCc1onc(C)c1-2. The van der Waals surface area contributed by atoms with Crippen molar-refractivity contribution in [1.82, 2.24) is 5.16 Å². The number of nitrogens with zero attached hydrogens (tertiary/aromatic N) is 1. The fourth-order valence-corrected chi connectivity index (χ4v) is 3.57. The number of anilines is 1. The van der Waals surface area contributed by atoms with Crippen LogP contribution in [0.1, 0.15) is 29.5 Å². The van der Waals surface area contributed by atoms with Gasteiger partial charge in [0.05, 0.1) is 18.8 Å². The molecule has 0 amide bonds. The largest absolute Gasteiger partial charge is 0.497 e. The van der Waals surface area contributed by atoms with E-state index in [1.165, 1.54) is 5.56 Å². The monoisotopic (exact) mass is 354 g/mol. The van der Waals surface area contributed by atoms with E-state index in [-0.39, 0.29) is 6.04 Å². The first-order valence-electron chi connectivity index (χ1n) is 8.31. The third-order valence-electron chi connectivity index (χ3n) is 4.68. The molecule has 25 heavy (non-hydrogen) atoms. The summed E-state index contributed by atoms with van der Waals surface area (Å²) < 4.78 is 11.0. The van der Waals surface area contributed by atoms with Crippen molar-refractivity contribution >= 4 is 17.3 Å². The molecule has 5 heteroatoms. The lowest BCUT2D eigenvalue weighted by Gasteiger charge is -2.21. The van der Waals surface area contributed by atoms with Crippen molar-refractivity contribution in [2.75, 3.05) is 12.4 Å². The van der Waals surface area contributed by atoms with Gasteiger partial charge in [0, 0.05) is 22.7 Å². The zero-order valence-corrected chi connectivity index (χ0v) is 14.9. The molecule has 1 atom stereocenters. The minimum Gasteiger partial charge on any atom is -0.497 e. The molecule has 0 saturated heterocycles. The highest BCUT2D eigenvalue weighted by molar-refractivity contribution is 6.30. The number of methoxy groups -OCH3 is 1. The first-order chi connectivity index (χ1) is 12.2. The second-order valence-electron chi connectivity index (χ2n) is 6.26. The summed E-state index contributed by atoms with van der Waals surface area (Å²) in [5.74, 6) is 1.79. The molecule has 4 nitrogen and oxygen atoms in total. The van der Waals surface area contributed by atoms with Gasteiger partial charge in [0.25, 0.3) is 0 Å². The first kappa shape index (κ1) is 16.0. The van der Waals surface area contributed by atoms with Crippen molar-refractivity contribution in [2.24, 2.45) is 0 Å². The number of hydrogen-bond acceptors (Lipinski definition) is 4. The average Bonchev–Trinajstić information content (AvgIpc) is 2.92. The molecule has 2 aromatic carbocycles. The molecule has 0 radical (unpaired) electrons. The van der Waals surface area contributed by atoms with Gasteiger partial charge in [-0.1, -0.05) is 22.8 Å². The molecule has 1 aromatic heterocycles. The quantitative estimate of drug-likeness (QED) is 0.683. The van der Waals surface area contributed by atoms with Crippen LogP contribution in [0.4, 0.5) is 5.69 Å². The highest BCUT2D eigenvalue weighted by Crippen LogP contribution is 2.41. The van der Waals surface area contributed by atoms with Crippen LogP contribution < -0.4 is 10.1 Å². The van der Waals surface area contributed by atoms with E-state index in [0.29, 0.717) is 0 Å². The van der Waals surface area contributed by atoms with E-state index in [9.17, 15) is 0 Å². The van der Waals surface area contributed by atoms with Crippen LogP contribution in [0.2, 0.25) is 5.02 Å². The number of ether oxygens (including phenoxy) is 1. The number of rotatable bonds is 3. The third kappa shape index (κ3) is 2.98. The summed E-state index contributed by atoms with van der Waals surface area (Å²) in [6, 6.07) is 14.1. The molecular weight excluding hydrogens is 336 g/mol. The van der Waals surface area contributed by atoms with E-state index >= 15 is 0 Å². The van der Waals surface area contributed by atoms with Crippen LogP contribution in [0.15, 0.2) is 47.0 Å². The van der Waals surface area contributed by atoms with Gasteiger partial charge < -0.3 is 14.6 Å². The summed E-state index contributed by atoms with van der Waals surface area (Å²) in [6.45, 7) is 1.99. The predicted octanol–water partition coefficient (Wildman–Crippen LogP) is 5.41. The Labute approximate surface area is 151 Å². The van der Waals surface area contributed by atoms with Crippen molar-refractivity contribution < 1.29 is 9.26 Å². The third-order valence-corrected chi connectivity index (χ3v) is 4.93. The highest BCUT2D eigenvalue weighted by Gasteiger charge is 2.27. The van der Waals surface area contributed by atoms with Crippen molar-refractivity contribution in [3.05, 3.63) is 64.5 Å². The Hall–Kier alpha value is -2.46. The normalized spacial score (nSPS) is 15.9. The fraction of sp³-hybridized carbons (Fsp3) is 0.250. The second-order valence-corrected chi connectivity index (χ2v) is 6.70. The molecule has 0 saturated carbocycles. The van der Waals surface area contributed by atoms with Gasteiger partial charge in [0.2, 0.25) is 0 Å². The summed E-state index contributed by atoms with van der Waals surface area (Å²) in [7, 11) is 1.69. The Balaban J connectivity index is 1.79. The van der Waals surface area contributed by atoms with Crippen LogP contribution in [-0.2, 0) is 6.42 Å². The van der Waals surface area contributed by atoms with E-state index in [0.717, 1.165) is 51.9 Å². The van der Waals surface area contributed by atoms with Crippen molar-refractivity contribution in [1.29, 1.82) is 0 Å².